The number of rotatable bonds is 17. The molecule has 8 amide bonds. The summed E-state index contributed by atoms with van der Waals surface area (Å²) in [6, 6.07) is 7.75. The third-order valence-electron chi connectivity index (χ3n) is 15.0. The molecule has 33 heteroatoms. The number of aliphatic hydroxyl groups excluding tert-OH is 7. The van der Waals surface area contributed by atoms with Crippen molar-refractivity contribution < 1.29 is 110 Å². The number of carbonyl (C=O) groups is 8. The van der Waals surface area contributed by atoms with Crippen LogP contribution in [0, 0.1) is 5.92 Å². The van der Waals surface area contributed by atoms with Crippen LogP contribution in [0.4, 0.5) is 0 Å². The first-order chi connectivity index (χ1) is 41.1. The maximum absolute atomic E-state index is 14.6. The average Bonchev–Trinajstić information content (AvgIpc) is 1.49. The van der Waals surface area contributed by atoms with Gasteiger partial charge in [-0.05, 0) is 60.5 Å². The van der Waals surface area contributed by atoms with E-state index in [-0.39, 0.29) is 5.56 Å². The number of unbranched alkanes of at least 4 members (excludes halogenated alkanes) is 2. The fourth-order valence-electron chi connectivity index (χ4n) is 10.4. The first kappa shape index (κ1) is 64.6. The van der Waals surface area contributed by atoms with E-state index in [1.165, 1.54) is 31.2 Å². The van der Waals surface area contributed by atoms with Crippen molar-refractivity contribution in [2.24, 2.45) is 11.7 Å². The summed E-state index contributed by atoms with van der Waals surface area (Å²) < 4.78 is 53.8. The Morgan fingerprint density at radius 2 is 1.51 bits per heavy atom. The lowest BCUT2D eigenvalue weighted by Crippen LogP contribution is -2.73. The second-order valence-corrected chi connectivity index (χ2v) is 22.4. The zero-order chi connectivity index (χ0) is 63.4. The second-order valence-electron chi connectivity index (χ2n) is 21.4. The normalized spacial score (nSPS) is 27.6. The lowest BCUT2D eigenvalue weighted by atomic mass is 9.94. The van der Waals surface area contributed by atoms with Gasteiger partial charge in [0.05, 0.1) is 31.3 Å². The molecule has 6 heterocycles. The van der Waals surface area contributed by atoms with Gasteiger partial charge in [-0.15, -0.1) is 0 Å². The monoisotopic (exact) mass is 1240 g/mol. The van der Waals surface area contributed by atoms with Gasteiger partial charge in [0.1, 0.15) is 53.9 Å². The van der Waals surface area contributed by atoms with Gasteiger partial charge < -0.3 is 101 Å². The minimum atomic E-state index is -5.34. The lowest BCUT2D eigenvalue weighted by molar-refractivity contribution is -0.245. The highest BCUT2D eigenvalue weighted by molar-refractivity contribution is 7.81. The number of carbonyl (C=O) groups excluding carboxylic acids is 8. The number of fused-ring (bicyclic) bond motifs is 11. The van der Waals surface area contributed by atoms with Gasteiger partial charge in [-0.3, -0.25) is 42.9 Å². The molecule has 5 fully saturated rings. The van der Waals surface area contributed by atoms with E-state index < -0.39 is 192 Å². The van der Waals surface area contributed by atoms with Crippen LogP contribution >= 0.6 is 0 Å². The number of aliphatic hydroxyl groups is 7. The molecule has 0 radical (unpaired) electrons. The van der Waals surface area contributed by atoms with Crippen molar-refractivity contribution in [3.05, 3.63) is 83.9 Å². The fraction of sp³-hybridized carbons (Fsp3) is 0.463. The smallest absolute Gasteiger partial charge is 0.446 e. The van der Waals surface area contributed by atoms with Crippen molar-refractivity contribution in [3.8, 4) is 39.8 Å². The topological polar surface area (TPSA) is 499 Å². The quantitative estimate of drug-likeness (QED) is 0.0354. The first-order valence-corrected chi connectivity index (χ1v) is 28.6. The van der Waals surface area contributed by atoms with Crippen LogP contribution in [0.25, 0.3) is 22.6 Å². The lowest BCUT2D eigenvalue weighted by Gasteiger charge is -2.48. The summed E-state index contributed by atoms with van der Waals surface area (Å²) >= 11 is 0. The number of phenols is 1. The van der Waals surface area contributed by atoms with E-state index in [1.807, 2.05) is 10.6 Å². The number of amides is 8. The Kier molecular flexibility index (Phi) is 19.8. The molecular formula is C54H65N9O23S. The standard InChI is InChI=1S/C54H65N9O23S/c1-3-4-5-16-83-30-13-10-26(11-14-30)35-19-31(61-85-35)25-6-8-27(9-7-25)45(71)60-54-21-37(84-54)47(73)58-49(75)41-42(68)24(2)22-63(41)51(77)39(34(66)20-38(55)67)56-48(74)40(44(70)43(69)28-12-15-33(65)36(17-28)86-87(80,81)82)57-46(72)32-18-29(64)23-62(32)52(78)50(76)59-53(54)79/h6-15,17,19,24,29,32,34,37,39-44,47,50,64-66,68-70,73,76H,3-5,16,18,20-23H2,1-2H3,(H2,55,67)(H,56,74)(H,57,72)(H,58,75)(H,59,79)(H,60,71)(H,80,81,82)/t24-,29+,32-,34+,37+,39-,40-,41-,42-,43-,44-,47+,50?,54+/m0/s1. The molecule has 5 saturated heterocycles. The molecule has 1 aromatic heterocycles. The Morgan fingerprint density at radius 1 is 0.839 bits per heavy atom. The summed E-state index contributed by atoms with van der Waals surface area (Å²) in [6.45, 7) is 2.76. The molecule has 4 aromatic rings. The highest BCUT2D eigenvalue weighted by Crippen LogP contribution is 2.36. The van der Waals surface area contributed by atoms with Crippen LogP contribution in [0.2, 0.25) is 0 Å². The third-order valence-corrected chi connectivity index (χ3v) is 15.4. The number of aromatic nitrogens is 1. The maximum atomic E-state index is 14.6. The Morgan fingerprint density at radius 3 is 2.16 bits per heavy atom. The number of nitrogens with one attached hydrogen (secondary N) is 5. The molecule has 470 valence electrons. The summed E-state index contributed by atoms with van der Waals surface area (Å²) in [5.74, 6) is -13.0. The van der Waals surface area contributed by atoms with Gasteiger partial charge in [-0.1, -0.05) is 50.0 Å². The van der Waals surface area contributed by atoms with Crippen LogP contribution in [0.5, 0.6) is 17.2 Å². The number of primary amides is 1. The van der Waals surface area contributed by atoms with E-state index in [0.717, 1.165) is 25.3 Å². The Balaban J connectivity index is 1.09. The molecule has 0 spiro atoms. The Labute approximate surface area is 494 Å². The fourth-order valence-corrected chi connectivity index (χ4v) is 10.7. The van der Waals surface area contributed by atoms with Crippen molar-refractivity contribution in [3.63, 3.8) is 0 Å². The zero-order valence-electron chi connectivity index (χ0n) is 46.4. The van der Waals surface area contributed by atoms with Gasteiger partial charge in [0.15, 0.2) is 23.5 Å². The van der Waals surface area contributed by atoms with Gasteiger partial charge in [0, 0.05) is 54.6 Å². The number of hydrogen-bond donors (Lipinski definition) is 15. The summed E-state index contributed by atoms with van der Waals surface area (Å²) in [5, 5.41) is 104. The van der Waals surface area contributed by atoms with Crippen molar-refractivity contribution in [1.82, 2.24) is 41.5 Å². The number of nitrogens with two attached hydrogens (primary N) is 1. The van der Waals surface area contributed by atoms with Gasteiger partial charge in [0.25, 0.3) is 17.7 Å². The van der Waals surface area contributed by atoms with E-state index in [2.05, 4.69) is 32.2 Å². The molecule has 32 nitrogen and oxygen atoms in total. The average molecular weight is 1240 g/mol. The molecule has 5 aliphatic heterocycles. The highest BCUT2D eigenvalue weighted by atomic mass is 32.3. The zero-order valence-corrected chi connectivity index (χ0v) is 47.2. The van der Waals surface area contributed by atoms with E-state index >= 15 is 0 Å². The highest BCUT2D eigenvalue weighted by Gasteiger charge is 2.58. The Hall–Kier alpha value is -8.38. The van der Waals surface area contributed by atoms with E-state index in [9.17, 15) is 92.2 Å². The SMILES string of the molecule is CCCCCOc1ccc(-c2cc(-c3ccc(C(=O)N[C@]45C[C@@H](O4)[C@@H](O)NC(=O)[C@@H]4[C@@H](O)[C@@H](C)CN4C(=O)[C@H]([C@H](O)CC(N)=O)NC(=O)[C@H]([C@H](O)[C@@H](O)c4ccc(O)c(OS(=O)(=O)O)c4)NC(=O)[C@@H]4C[C@@H](O)CN4C(=O)C(O)NC5=O)cc3)no2)cc1. The number of aromatic hydroxyl groups is 1. The van der Waals surface area contributed by atoms with Crippen molar-refractivity contribution >= 4 is 57.7 Å². The van der Waals surface area contributed by atoms with Crippen LogP contribution in [0.15, 0.2) is 77.3 Å². The number of hydrogen-bond acceptors (Lipinski definition) is 23. The molecule has 5 aliphatic rings. The van der Waals surface area contributed by atoms with Crippen LogP contribution in [0.1, 0.15) is 74.4 Å². The molecule has 2 bridgehead atoms. The molecular weight excluding hydrogens is 1170 g/mol. The minimum absolute atomic E-state index is 0.102. The van der Waals surface area contributed by atoms with Crippen molar-refractivity contribution in [2.45, 2.75) is 131 Å². The summed E-state index contributed by atoms with van der Waals surface area (Å²) in [6.07, 6.45) is -16.8. The van der Waals surface area contributed by atoms with Crippen LogP contribution in [-0.2, 0) is 48.7 Å². The van der Waals surface area contributed by atoms with E-state index in [4.69, 9.17) is 19.7 Å². The Bertz CT molecular complexity index is 3350. The summed E-state index contributed by atoms with van der Waals surface area (Å²) in [7, 11) is -5.34. The van der Waals surface area contributed by atoms with Gasteiger partial charge in [-0.25, -0.2) is 0 Å². The van der Waals surface area contributed by atoms with Crippen LogP contribution < -0.4 is 41.2 Å². The van der Waals surface area contributed by atoms with Gasteiger partial charge >= 0.3 is 10.4 Å². The minimum Gasteiger partial charge on any atom is -0.504 e. The maximum Gasteiger partial charge on any atom is 0.446 e. The second kappa shape index (κ2) is 26.7. The van der Waals surface area contributed by atoms with Gasteiger partial charge in [-0.2, -0.15) is 8.42 Å². The largest absolute Gasteiger partial charge is 0.504 e. The number of phenolic OH excluding ortho intramolecular Hbond substituents is 1. The summed E-state index contributed by atoms with van der Waals surface area (Å²) in [5.41, 5.74) is 3.60. The van der Waals surface area contributed by atoms with Crippen molar-refractivity contribution in [1.29, 1.82) is 0 Å². The molecule has 0 aliphatic carbocycles. The molecule has 0 saturated carbocycles. The van der Waals surface area contributed by atoms with Crippen molar-refractivity contribution in [2.75, 3.05) is 19.7 Å². The first-order valence-electron chi connectivity index (χ1n) is 27.3. The predicted octanol–water partition coefficient (Wildman–Crippen LogP) is -3.97. The van der Waals surface area contributed by atoms with E-state index in [0.29, 0.717) is 56.9 Å². The van der Waals surface area contributed by atoms with Crippen LogP contribution in [-0.4, -0.2) is 209 Å². The molecule has 3 aromatic carbocycles. The molecule has 87 heavy (non-hydrogen) atoms. The number of nitrogens with zero attached hydrogens (tertiary/aromatic N) is 3. The predicted molar refractivity (Wildman–Crippen MR) is 292 cm³/mol. The molecule has 14 atom stereocenters. The van der Waals surface area contributed by atoms with Crippen LogP contribution in [0.3, 0.4) is 0 Å². The third kappa shape index (κ3) is 14.7. The molecule has 9 rings (SSSR count). The number of benzene rings is 3. The molecule has 16 N–H and O–H groups in total. The summed E-state index contributed by atoms with van der Waals surface area (Å²) in [4.78, 5) is 114. The van der Waals surface area contributed by atoms with Gasteiger partial charge in [0.2, 0.25) is 41.5 Å². The number of ether oxygens (including phenoxy) is 2. The molecule has 1 unspecified atom stereocenters. The van der Waals surface area contributed by atoms with E-state index in [1.54, 1.807) is 30.3 Å².